The number of ether oxygens (including phenoxy) is 1. The Morgan fingerprint density at radius 2 is 1.83 bits per heavy atom. The highest BCUT2D eigenvalue weighted by Crippen LogP contribution is 2.21. The zero-order valence-electron chi connectivity index (χ0n) is 18.1. The van der Waals surface area contributed by atoms with Crippen molar-refractivity contribution in [1.82, 2.24) is 15.6 Å². The topological polar surface area (TPSA) is 93.5 Å². The van der Waals surface area contributed by atoms with E-state index in [1.807, 2.05) is 40.7 Å². The van der Waals surface area contributed by atoms with E-state index in [1.165, 1.54) is 0 Å². The highest BCUT2D eigenvalue weighted by atomic mass is 16.6. The number of aryl methyl sites for hydroxylation is 1. The van der Waals surface area contributed by atoms with Crippen LogP contribution in [0.15, 0.2) is 34.9 Å². The van der Waals surface area contributed by atoms with Crippen LogP contribution in [0.3, 0.4) is 0 Å². The molecule has 0 unspecified atom stereocenters. The number of furan rings is 1. The molecule has 7 heteroatoms. The fourth-order valence-corrected chi connectivity index (χ4v) is 2.95. The average molecular weight is 402 g/mol. The second-order valence-electron chi connectivity index (χ2n) is 8.10. The van der Waals surface area contributed by atoms with Gasteiger partial charge in [-0.3, -0.25) is 4.79 Å². The summed E-state index contributed by atoms with van der Waals surface area (Å²) in [4.78, 5) is 29.5. The maximum absolute atomic E-state index is 13.0. The van der Waals surface area contributed by atoms with Gasteiger partial charge in [0, 0.05) is 6.54 Å². The lowest BCUT2D eigenvalue weighted by atomic mass is 9.92. The summed E-state index contributed by atoms with van der Waals surface area (Å²) < 4.78 is 10.7. The van der Waals surface area contributed by atoms with Crippen LogP contribution in [0.25, 0.3) is 11.5 Å². The van der Waals surface area contributed by atoms with Gasteiger partial charge in [-0.15, -0.1) is 0 Å². The van der Waals surface area contributed by atoms with Crippen LogP contribution in [0.5, 0.6) is 0 Å². The van der Waals surface area contributed by atoms with E-state index in [0.29, 0.717) is 35.6 Å². The van der Waals surface area contributed by atoms with Crippen LogP contribution in [-0.4, -0.2) is 34.7 Å². The fraction of sp³-hybridized carbons (Fsp3) is 0.500. The van der Waals surface area contributed by atoms with E-state index in [2.05, 4.69) is 15.6 Å². The van der Waals surface area contributed by atoms with Gasteiger partial charge in [-0.2, -0.15) is 0 Å². The first kappa shape index (κ1) is 22.5. The van der Waals surface area contributed by atoms with Crippen molar-refractivity contribution in [2.75, 3.05) is 6.54 Å². The van der Waals surface area contributed by atoms with Crippen LogP contribution >= 0.6 is 0 Å². The number of alkyl carbamates (subject to hydrolysis) is 1. The van der Waals surface area contributed by atoms with E-state index in [9.17, 15) is 9.59 Å². The van der Waals surface area contributed by atoms with Crippen molar-refractivity contribution in [3.05, 3.63) is 41.8 Å². The Labute approximate surface area is 172 Å². The Bertz CT molecular complexity index is 834. The molecule has 2 N–H and O–H groups in total. The van der Waals surface area contributed by atoms with E-state index in [1.54, 1.807) is 31.4 Å². The summed E-state index contributed by atoms with van der Waals surface area (Å²) in [5, 5.41) is 5.86. The first-order chi connectivity index (χ1) is 13.6. The van der Waals surface area contributed by atoms with E-state index in [-0.39, 0.29) is 12.5 Å². The predicted molar refractivity (Wildman–Crippen MR) is 112 cm³/mol. The molecule has 0 bridgehead atoms. The van der Waals surface area contributed by atoms with Crippen molar-refractivity contribution in [3.8, 4) is 11.5 Å². The summed E-state index contributed by atoms with van der Waals surface area (Å²) in [5.74, 6) is 0.425. The van der Waals surface area contributed by atoms with Gasteiger partial charge in [-0.1, -0.05) is 13.8 Å². The van der Waals surface area contributed by atoms with Crippen LogP contribution < -0.4 is 10.6 Å². The summed E-state index contributed by atoms with van der Waals surface area (Å²) in [7, 11) is 0. The van der Waals surface area contributed by atoms with Crippen LogP contribution in [0.1, 0.15) is 63.5 Å². The van der Waals surface area contributed by atoms with Crippen molar-refractivity contribution in [2.45, 2.75) is 65.5 Å². The maximum Gasteiger partial charge on any atom is 0.407 e. The minimum atomic E-state index is -0.583. The van der Waals surface area contributed by atoms with Crippen LogP contribution in [0, 0.1) is 6.92 Å². The molecule has 29 heavy (non-hydrogen) atoms. The number of carbonyl (C=O) groups excluding carboxylic acids is 2. The molecule has 0 spiro atoms. The molecule has 2 heterocycles. The summed E-state index contributed by atoms with van der Waals surface area (Å²) in [6.45, 7) is 11.4. The normalized spacial score (nSPS) is 11.8. The van der Waals surface area contributed by atoms with E-state index in [4.69, 9.17) is 9.15 Å². The number of aromatic nitrogens is 1. The van der Waals surface area contributed by atoms with Gasteiger partial charge in [0.15, 0.2) is 5.76 Å². The molecule has 0 atom stereocenters. The largest absolute Gasteiger partial charge is 0.463 e. The molecule has 2 amide bonds. The molecule has 0 aliphatic rings. The highest BCUT2D eigenvalue weighted by Gasteiger charge is 2.30. The van der Waals surface area contributed by atoms with E-state index in [0.717, 1.165) is 0 Å². The van der Waals surface area contributed by atoms with Crippen LogP contribution in [0.2, 0.25) is 0 Å². The third-order valence-corrected chi connectivity index (χ3v) is 4.81. The Hall–Kier alpha value is -2.83. The average Bonchev–Trinajstić information content (AvgIpc) is 3.18. The van der Waals surface area contributed by atoms with Crippen LogP contribution in [-0.2, 0) is 4.74 Å². The minimum Gasteiger partial charge on any atom is -0.463 e. The molecule has 0 aliphatic heterocycles. The summed E-state index contributed by atoms with van der Waals surface area (Å²) in [6, 6.07) is 7.12. The Balaban J connectivity index is 2.11. The first-order valence-corrected chi connectivity index (χ1v) is 9.90. The molecule has 2 aromatic rings. The molecule has 0 aliphatic carbocycles. The van der Waals surface area contributed by atoms with Crippen molar-refractivity contribution >= 4 is 12.0 Å². The number of carbonyl (C=O) groups is 2. The molecular weight excluding hydrogens is 370 g/mol. The summed E-state index contributed by atoms with van der Waals surface area (Å²) in [5.41, 5.74) is 0.613. The number of rotatable bonds is 7. The van der Waals surface area contributed by atoms with Gasteiger partial charge >= 0.3 is 6.09 Å². The lowest BCUT2D eigenvalue weighted by molar-refractivity contribution is 0.0501. The smallest absolute Gasteiger partial charge is 0.407 e. The molecule has 0 fully saturated rings. The van der Waals surface area contributed by atoms with Gasteiger partial charge in [-0.25, -0.2) is 9.78 Å². The molecule has 7 nitrogen and oxygen atoms in total. The van der Waals surface area contributed by atoms with Gasteiger partial charge in [0.25, 0.3) is 5.91 Å². The number of nitrogens with zero attached hydrogens (tertiary/aromatic N) is 1. The quantitative estimate of drug-likeness (QED) is 0.714. The second kappa shape index (κ2) is 9.11. The molecule has 0 radical (unpaired) electrons. The molecule has 0 aromatic carbocycles. The van der Waals surface area contributed by atoms with Gasteiger partial charge in [0.05, 0.1) is 23.1 Å². The van der Waals surface area contributed by atoms with Crippen LogP contribution in [0.4, 0.5) is 4.79 Å². The van der Waals surface area contributed by atoms with Crippen molar-refractivity contribution in [1.29, 1.82) is 0 Å². The molecular formula is C22H31N3O4. The predicted octanol–water partition coefficient (Wildman–Crippen LogP) is 4.46. The van der Waals surface area contributed by atoms with Gasteiger partial charge in [0.2, 0.25) is 0 Å². The Morgan fingerprint density at radius 1 is 1.14 bits per heavy atom. The van der Waals surface area contributed by atoms with Crippen molar-refractivity contribution in [2.24, 2.45) is 0 Å². The molecule has 2 aromatic heterocycles. The number of pyridine rings is 1. The standard InChI is InChI=1S/C22H31N3O4/c1-7-22(8-2,14-23-20(27)29-21(4,5)6)25-19(26)16-11-12-17(24-15(16)3)18-10-9-13-28-18/h9-13H,7-8,14H2,1-6H3,(H,23,27)(H,25,26). The number of amides is 2. The zero-order chi connectivity index (χ0) is 21.7. The highest BCUT2D eigenvalue weighted by molar-refractivity contribution is 5.96. The second-order valence-corrected chi connectivity index (χ2v) is 8.10. The Morgan fingerprint density at radius 3 is 2.34 bits per heavy atom. The maximum atomic E-state index is 13.0. The van der Waals surface area contributed by atoms with Gasteiger partial charge in [-0.05, 0) is 64.8 Å². The SMILES string of the molecule is CCC(CC)(CNC(=O)OC(C)(C)C)NC(=O)c1ccc(-c2ccco2)nc1C. The van der Waals surface area contributed by atoms with Crippen molar-refractivity contribution in [3.63, 3.8) is 0 Å². The van der Waals surface area contributed by atoms with E-state index >= 15 is 0 Å². The van der Waals surface area contributed by atoms with Gasteiger partial charge < -0.3 is 19.8 Å². The molecule has 2 rings (SSSR count). The van der Waals surface area contributed by atoms with Gasteiger partial charge in [0.1, 0.15) is 11.3 Å². The fourth-order valence-electron chi connectivity index (χ4n) is 2.95. The zero-order valence-corrected chi connectivity index (χ0v) is 18.1. The molecule has 158 valence electrons. The number of nitrogens with one attached hydrogen (secondary N) is 2. The summed E-state index contributed by atoms with van der Waals surface area (Å²) >= 11 is 0. The van der Waals surface area contributed by atoms with Crippen molar-refractivity contribution < 1.29 is 18.7 Å². The lowest BCUT2D eigenvalue weighted by Crippen LogP contribution is -2.55. The lowest BCUT2D eigenvalue weighted by Gasteiger charge is -2.33. The molecule has 0 saturated carbocycles. The number of hydrogen-bond acceptors (Lipinski definition) is 5. The Kier molecular flexibility index (Phi) is 7.06. The summed E-state index contributed by atoms with van der Waals surface area (Å²) in [6.07, 6.45) is 2.39. The van der Waals surface area contributed by atoms with E-state index < -0.39 is 17.2 Å². The first-order valence-electron chi connectivity index (χ1n) is 9.90. The third kappa shape index (κ3) is 6.07. The third-order valence-electron chi connectivity index (χ3n) is 4.81. The number of hydrogen-bond donors (Lipinski definition) is 2. The minimum absolute atomic E-state index is 0.226. The molecule has 0 saturated heterocycles. The monoisotopic (exact) mass is 401 g/mol.